The van der Waals surface area contributed by atoms with Gasteiger partial charge in [0.05, 0.1) is 18.3 Å². The predicted octanol–water partition coefficient (Wildman–Crippen LogP) is -0.298. The number of aliphatic hydroxyl groups is 4. The minimum atomic E-state index is -1.56. The summed E-state index contributed by atoms with van der Waals surface area (Å²) in [7, 11) is 0. The Morgan fingerprint density at radius 2 is 1.82 bits per heavy atom. The maximum Gasteiger partial charge on any atom is 0.334 e. The minimum Gasteiger partial charge on any atom is -0.466 e. The molecule has 3 fully saturated rings. The molecule has 10 atom stereocenters. The van der Waals surface area contributed by atoms with Gasteiger partial charge in [0.15, 0.2) is 0 Å². The molecule has 0 unspecified atom stereocenters. The van der Waals surface area contributed by atoms with Gasteiger partial charge < -0.3 is 39.4 Å². The van der Waals surface area contributed by atoms with Crippen molar-refractivity contribution in [1.82, 2.24) is 0 Å². The first kappa shape index (κ1) is 23.9. The minimum absolute atomic E-state index is 0.184. The molecule has 2 aliphatic heterocycles. The molecule has 2 heterocycles. The maximum absolute atomic E-state index is 12.4. The van der Waals surface area contributed by atoms with Crippen LogP contribution in [0.1, 0.15) is 26.7 Å². The van der Waals surface area contributed by atoms with Crippen molar-refractivity contribution < 1.29 is 49.0 Å². The number of allylic oxidation sites excluding steroid dienone is 1. The number of carbonyl (C=O) groups is 2. The van der Waals surface area contributed by atoms with Gasteiger partial charge in [0.1, 0.15) is 36.6 Å². The van der Waals surface area contributed by atoms with E-state index in [-0.39, 0.29) is 17.4 Å². The highest BCUT2D eigenvalue weighted by Crippen LogP contribution is 2.53. The van der Waals surface area contributed by atoms with E-state index in [0.717, 1.165) is 11.1 Å². The van der Waals surface area contributed by atoms with Crippen LogP contribution in [0.25, 0.3) is 0 Å². The zero-order valence-electron chi connectivity index (χ0n) is 18.5. The van der Waals surface area contributed by atoms with Gasteiger partial charge in [0, 0.05) is 31.3 Å². The van der Waals surface area contributed by atoms with Gasteiger partial charge >= 0.3 is 11.9 Å². The van der Waals surface area contributed by atoms with Gasteiger partial charge in [-0.25, -0.2) is 4.79 Å². The van der Waals surface area contributed by atoms with Crippen molar-refractivity contribution in [2.45, 2.75) is 69.6 Å². The van der Waals surface area contributed by atoms with E-state index in [1.54, 1.807) is 0 Å². The van der Waals surface area contributed by atoms with Crippen LogP contribution in [0, 0.1) is 17.8 Å². The Kier molecular flexibility index (Phi) is 6.41. The molecular formula is C23H30O10. The molecule has 10 nitrogen and oxygen atoms in total. The van der Waals surface area contributed by atoms with Crippen molar-refractivity contribution in [2.75, 3.05) is 6.61 Å². The molecule has 0 amide bonds. The topological polar surface area (TPSA) is 152 Å². The first-order chi connectivity index (χ1) is 15.5. The summed E-state index contributed by atoms with van der Waals surface area (Å²) in [6.07, 6.45) is -7.55. The Morgan fingerprint density at radius 3 is 2.45 bits per heavy atom. The number of ether oxygens (including phenoxy) is 4. The molecule has 4 rings (SSSR count). The number of aliphatic hydroxyl groups excluding tert-OH is 4. The van der Waals surface area contributed by atoms with Crippen LogP contribution in [0.4, 0.5) is 0 Å². The van der Waals surface area contributed by atoms with Crippen molar-refractivity contribution in [3.05, 3.63) is 35.6 Å². The molecule has 1 saturated carbocycles. The second-order valence-corrected chi connectivity index (χ2v) is 9.19. The molecule has 4 aliphatic rings. The molecule has 0 aromatic heterocycles. The van der Waals surface area contributed by atoms with Crippen molar-refractivity contribution in [2.24, 2.45) is 17.8 Å². The molecule has 2 aliphatic carbocycles. The number of hydrogen-bond acceptors (Lipinski definition) is 10. The molecule has 0 radical (unpaired) electrons. The third-order valence-electron chi connectivity index (χ3n) is 7.21. The normalized spacial score (nSPS) is 43.0. The van der Waals surface area contributed by atoms with E-state index >= 15 is 0 Å². The summed E-state index contributed by atoms with van der Waals surface area (Å²) in [6.45, 7) is 10.6. The summed E-state index contributed by atoms with van der Waals surface area (Å²) >= 11 is 0. The van der Waals surface area contributed by atoms with Crippen LogP contribution in [0.2, 0.25) is 0 Å². The summed E-state index contributed by atoms with van der Waals surface area (Å²) in [6, 6.07) is 0. The van der Waals surface area contributed by atoms with E-state index in [2.05, 4.69) is 13.2 Å². The first-order valence-corrected chi connectivity index (χ1v) is 11.0. The van der Waals surface area contributed by atoms with Gasteiger partial charge in [-0.05, 0) is 18.4 Å². The third kappa shape index (κ3) is 4.00. The quantitative estimate of drug-likeness (QED) is 0.247. The van der Waals surface area contributed by atoms with Gasteiger partial charge in [0.25, 0.3) is 0 Å². The van der Waals surface area contributed by atoms with E-state index in [9.17, 15) is 30.0 Å². The Balaban J connectivity index is 1.63. The number of fused-ring (bicyclic) bond motifs is 3. The second-order valence-electron chi connectivity index (χ2n) is 9.19. The van der Waals surface area contributed by atoms with Crippen LogP contribution in [-0.4, -0.2) is 81.9 Å². The number of esters is 2. The fourth-order valence-corrected chi connectivity index (χ4v) is 5.50. The lowest BCUT2D eigenvalue weighted by Crippen LogP contribution is -2.59. The molecular weight excluding hydrogens is 436 g/mol. The molecule has 33 heavy (non-hydrogen) atoms. The molecule has 0 bridgehead atoms. The largest absolute Gasteiger partial charge is 0.466 e. The Labute approximate surface area is 191 Å². The summed E-state index contributed by atoms with van der Waals surface area (Å²) in [5.41, 5.74) is 1.80. The van der Waals surface area contributed by atoms with E-state index in [1.807, 2.05) is 6.92 Å². The van der Waals surface area contributed by atoms with Gasteiger partial charge in [-0.3, -0.25) is 4.79 Å². The highest BCUT2D eigenvalue weighted by molar-refractivity contribution is 5.91. The second kappa shape index (κ2) is 8.84. The Hall–Kier alpha value is -2.24. The van der Waals surface area contributed by atoms with Crippen molar-refractivity contribution in [1.29, 1.82) is 0 Å². The van der Waals surface area contributed by atoms with Crippen LogP contribution in [-0.2, 0) is 28.5 Å². The molecule has 0 aromatic carbocycles. The third-order valence-corrected chi connectivity index (χ3v) is 7.21. The lowest BCUT2D eigenvalue weighted by Gasteiger charge is -2.40. The average molecular weight is 466 g/mol. The van der Waals surface area contributed by atoms with E-state index in [4.69, 9.17) is 18.9 Å². The van der Waals surface area contributed by atoms with Crippen molar-refractivity contribution in [3.63, 3.8) is 0 Å². The van der Waals surface area contributed by atoms with E-state index < -0.39 is 67.4 Å². The average Bonchev–Trinajstić information content (AvgIpc) is 3.19. The zero-order chi connectivity index (χ0) is 24.2. The van der Waals surface area contributed by atoms with E-state index in [1.165, 1.54) is 6.92 Å². The van der Waals surface area contributed by atoms with Crippen LogP contribution in [0.15, 0.2) is 35.6 Å². The van der Waals surface area contributed by atoms with Gasteiger partial charge in [0.2, 0.25) is 6.29 Å². The SMILES string of the molecule is C=C1C(=O)O[C@@H]2[C@H]3C(C)=C(O[C@@H]4O[C@H](CO)[C@@H](O)[C@@H](O)[C@@H]4O)C[C@H]3C(=C)C[C@@H](OC(C)=O)[C@@H]12. The Bertz CT molecular complexity index is 892. The fourth-order valence-electron chi connectivity index (χ4n) is 5.50. The monoisotopic (exact) mass is 466 g/mol. The van der Waals surface area contributed by atoms with Crippen molar-refractivity contribution >= 4 is 11.9 Å². The van der Waals surface area contributed by atoms with Crippen LogP contribution in [0.5, 0.6) is 0 Å². The lowest BCUT2D eigenvalue weighted by atomic mass is 9.80. The van der Waals surface area contributed by atoms with Crippen molar-refractivity contribution in [3.8, 4) is 0 Å². The summed E-state index contributed by atoms with van der Waals surface area (Å²) in [4.78, 5) is 24.1. The standard InChI is InChI=1S/C23H30O10/c1-8-5-14(30-11(4)25)17-10(3)22(29)33-21(17)16-9(2)13(6-12(8)16)31-23-20(28)19(27)18(26)15(7-24)32-23/h12,14-21,23-24,26-28H,1,3,5-7H2,2,4H3/t12-,14+,15+,16-,17+,18+,19+,20-,21+,23+/m0/s1. The summed E-state index contributed by atoms with van der Waals surface area (Å²) in [5, 5.41) is 39.8. The molecule has 10 heteroatoms. The summed E-state index contributed by atoms with van der Waals surface area (Å²) < 4.78 is 22.6. The smallest absolute Gasteiger partial charge is 0.334 e. The molecule has 182 valence electrons. The number of rotatable bonds is 4. The fraction of sp³-hybridized carbons (Fsp3) is 0.652. The van der Waals surface area contributed by atoms with E-state index in [0.29, 0.717) is 18.6 Å². The van der Waals surface area contributed by atoms with Crippen LogP contribution < -0.4 is 0 Å². The van der Waals surface area contributed by atoms with Gasteiger partial charge in [-0.2, -0.15) is 0 Å². The maximum atomic E-state index is 12.4. The highest BCUT2D eigenvalue weighted by atomic mass is 16.7. The highest BCUT2D eigenvalue weighted by Gasteiger charge is 2.56. The van der Waals surface area contributed by atoms with Gasteiger partial charge in [-0.1, -0.05) is 18.7 Å². The predicted molar refractivity (Wildman–Crippen MR) is 111 cm³/mol. The molecule has 0 spiro atoms. The van der Waals surface area contributed by atoms with Crippen LogP contribution >= 0.6 is 0 Å². The van der Waals surface area contributed by atoms with Gasteiger partial charge in [-0.15, -0.1) is 0 Å². The lowest BCUT2D eigenvalue weighted by molar-refractivity contribution is -0.292. The van der Waals surface area contributed by atoms with Crippen LogP contribution in [0.3, 0.4) is 0 Å². The molecule has 0 aromatic rings. The number of carbonyl (C=O) groups excluding carboxylic acids is 2. The first-order valence-electron chi connectivity index (χ1n) is 11.0. The Morgan fingerprint density at radius 1 is 1.12 bits per heavy atom. The zero-order valence-corrected chi connectivity index (χ0v) is 18.5. The number of hydrogen-bond donors (Lipinski definition) is 4. The summed E-state index contributed by atoms with van der Waals surface area (Å²) in [5.74, 6) is -1.56. The molecule has 4 N–H and O–H groups in total. The molecule has 2 saturated heterocycles.